The van der Waals surface area contributed by atoms with Crippen LogP contribution in [0.4, 0.5) is 5.69 Å². The van der Waals surface area contributed by atoms with Crippen molar-refractivity contribution in [2.45, 2.75) is 34.6 Å². The number of para-hydroxylation sites is 1. The summed E-state index contributed by atoms with van der Waals surface area (Å²) in [5, 5.41) is 3.29. The van der Waals surface area contributed by atoms with Gasteiger partial charge in [0, 0.05) is 18.7 Å². The van der Waals surface area contributed by atoms with Crippen LogP contribution in [0.2, 0.25) is 0 Å². The minimum absolute atomic E-state index is 0. The van der Waals surface area contributed by atoms with E-state index in [1.165, 1.54) is 11.3 Å². The van der Waals surface area contributed by atoms with Gasteiger partial charge in [0.2, 0.25) is 0 Å². The fraction of sp³-hybridized carbons (Fsp3) is 0.500. The quantitative estimate of drug-likeness (QED) is 0.827. The van der Waals surface area contributed by atoms with E-state index in [9.17, 15) is 0 Å². The van der Waals surface area contributed by atoms with Gasteiger partial charge in [0.1, 0.15) is 0 Å². The Balaban J connectivity index is 0.000000711. The second-order valence-electron chi connectivity index (χ2n) is 3.26. The molecule has 0 amide bonds. The Kier molecular flexibility index (Phi) is 7.48. The third-order valence-electron chi connectivity index (χ3n) is 2.24. The summed E-state index contributed by atoms with van der Waals surface area (Å²) in [6.45, 7) is 8.04. The van der Waals surface area contributed by atoms with E-state index in [4.69, 9.17) is 0 Å². The number of aliphatic imine (C=N–C) groups is 1. The highest BCUT2D eigenvalue weighted by molar-refractivity contribution is 5.95. The van der Waals surface area contributed by atoms with Gasteiger partial charge in [0.25, 0.3) is 0 Å². The molecule has 2 rings (SSSR count). The van der Waals surface area contributed by atoms with Gasteiger partial charge in [-0.15, -0.1) is 0 Å². The van der Waals surface area contributed by atoms with E-state index in [2.05, 4.69) is 35.4 Å². The Labute approximate surface area is 99.8 Å². The fourth-order valence-electron chi connectivity index (χ4n) is 1.57. The Hall–Kier alpha value is -1.15. The molecule has 90 valence electrons. The number of nitrogens with zero attached hydrogens (tertiary/aromatic N) is 1. The summed E-state index contributed by atoms with van der Waals surface area (Å²) in [4.78, 5) is 4.54. The highest BCUT2D eigenvalue weighted by atomic mass is 14.9. The topological polar surface area (TPSA) is 24.4 Å². The molecule has 0 aliphatic carbocycles. The van der Waals surface area contributed by atoms with Crippen molar-refractivity contribution in [3.8, 4) is 0 Å². The lowest BCUT2D eigenvalue weighted by molar-refractivity contribution is 0.813. The summed E-state index contributed by atoms with van der Waals surface area (Å²) in [6, 6.07) is 8.34. The first kappa shape index (κ1) is 14.8. The predicted molar refractivity (Wildman–Crippen MR) is 73.9 cm³/mol. The van der Waals surface area contributed by atoms with Crippen molar-refractivity contribution in [2.75, 3.05) is 13.1 Å². The minimum atomic E-state index is 0. The average molecular weight is 220 g/mol. The molecule has 0 spiro atoms. The molecule has 1 aliphatic rings. The summed E-state index contributed by atoms with van der Waals surface area (Å²) >= 11 is 0. The largest absolute Gasteiger partial charge is 0.312 e. The van der Waals surface area contributed by atoms with Crippen LogP contribution >= 0.6 is 0 Å². The number of benzene rings is 1. The van der Waals surface area contributed by atoms with Crippen LogP contribution in [-0.2, 0) is 6.42 Å². The third-order valence-corrected chi connectivity index (χ3v) is 2.24. The first-order valence-electron chi connectivity index (χ1n) is 5.75. The van der Waals surface area contributed by atoms with Gasteiger partial charge in [-0.25, -0.2) is 0 Å². The highest BCUT2D eigenvalue weighted by Crippen LogP contribution is 2.25. The van der Waals surface area contributed by atoms with Crippen LogP contribution in [-0.4, -0.2) is 18.8 Å². The third kappa shape index (κ3) is 3.78. The van der Waals surface area contributed by atoms with Crippen LogP contribution < -0.4 is 5.32 Å². The lowest BCUT2D eigenvalue weighted by atomic mass is 10.1. The number of hydrogen-bond donors (Lipinski definition) is 1. The van der Waals surface area contributed by atoms with Gasteiger partial charge >= 0.3 is 0 Å². The summed E-state index contributed by atoms with van der Waals surface area (Å²) < 4.78 is 0. The molecule has 1 aromatic carbocycles. The second-order valence-corrected chi connectivity index (χ2v) is 3.26. The molecule has 2 heteroatoms. The summed E-state index contributed by atoms with van der Waals surface area (Å²) in [5.74, 6) is 0. The predicted octanol–water partition coefficient (Wildman–Crippen LogP) is 3.59. The van der Waals surface area contributed by atoms with Crippen molar-refractivity contribution in [1.82, 2.24) is 5.32 Å². The van der Waals surface area contributed by atoms with Crippen molar-refractivity contribution in [3.63, 3.8) is 0 Å². The van der Waals surface area contributed by atoms with Crippen molar-refractivity contribution < 1.29 is 0 Å². The van der Waals surface area contributed by atoms with E-state index in [1.807, 2.05) is 19.9 Å². The first-order chi connectivity index (χ1) is 7.40. The standard InChI is InChI=1S/C11H14N2.C2H6.CH4/c1-2-12-8-10-7-9-5-3-4-6-11(9)13-10;1-2;/h3-6,12H,2,7-8H2,1H3;1-2H3;1H4. The van der Waals surface area contributed by atoms with Crippen LogP contribution in [0.3, 0.4) is 0 Å². The zero-order valence-electron chi connectivity index (χ0n) is 9.88. The first-order valence-corrected chi connectivity index (χ1v) is 5.75. The van der Waals surface area contributed by atoms with Gasteiger partial charge in [-0.3, -0.25) is 4.99 Å². The van der Waals surface area contributed by atoms with Crippen LogP contribution in [0, 0.1) is 0 Å². The monoisotopic (exact) mass is 220 g/mol. The van der Waals surface area contributed by atoms with E-state index >= 15 is 0 Å². The molecule has 0 bridgehead atoms. The molecule has 0 atom stereocenters. The van der Waals surface area contributed by atoms with Crippen LogP contribution in [0.25, 0.3) is 0 Å². The average Bonchev–Trinajstić information content (AvgIpc) is 2.71. The SMILES string of the molecule is C.CC.CCNCC1=Nc2ccccc2C1. The molecular formula is C14H24N2. The normalized spacial score (nSPS) is 11.8. The molecule has 0 fully saturated rings. The van der Waals surface area contributed by atoms with Gasteiger partial charge < -0.3 is 5.32 Å². The number of hydrogen-bond acceptors (Lipinski definition) is 2. The fourth-order valence-corrected chi connectivity index (χ4v) is 1.57. The highest BCUT2D eigenvalue weighted by Gasteiger charge is 2.12. The minimum Gasteiger partial charge on any atom is -0.312 e. The maximum atomic E-state index is 4.54. The van der Waals surface area contributed by atoms with Crippen LogP contribution in [0.15, 0.2) is 29.3 Å². The summed E-state index contributed by atoms with van der Waals surface area (Å²) in [7, 11) is 0. The molecule has 0 saturated carbocycles. The molecule has 2 nitrogen and oxygen atoms in total. The Morgan fingerprint density at radius 2 is 1.94 bits per heavy atom. The lowest BCUT2D eigenvalue weighted by Gasteiger charge is -1.99. The van der Waals surface area contributed by atoms with Crippen molar-refractivity contribution in [2.24, 2.45) is 4.99 Å². The summed E-state index contributed by atoms with van der Waals surface area (Å²) in [6.07, 6.45) is 1.02. The lowest BCUT2D eigenvalue weighted by Crippen LogP contribution is -2.22. The number of nitrogens with one attached hydrogen (secondary N) is 1. The molecule has 0 unspecified atom stereocenters. The van der Waals surface area contributed by atoms with Gasteiger partial charge in [0.15, 0.2) is 0 Å². The van der Waals surface area contributed by atoms with E-state index in [-0.39, 0.29) is 7.43 Å². The van der Waals surface area contributed by atoms with Crippen molar-refractivity contribution in [1.29, 1.82) is 0 Å². The second kappa shape index (κ2) is 8.05. The maximum Gasteiger partial charge on any atom is 0.0665 e. The van der Waals surface area contributed by atoms with Gasteiger partial charge in [0.05, 0.1) is 5.69 Å². The van der Waals surface area contributed by atoms with E-state index in [1.54, 1.807) is 0 Å². The smallest absolute Gasteiger partial charge is 0.0665 e. The van der Waals surface area contributed by atoms with Crippen LogP contribution in [0.5, 0.6) is 0 Å². The zero-order chi connectivity index (χ0) is 11.1. The van der Waals surface area contributed by atoms with Crippen LogP contribution in [0.1, 0.15) is 33.8 Å². The molecule has 0 radical (unpaired) electrons. The molecule has 1 N–H and O–H groups in total. The number of rotatable bonds is 3. The Morgan fingerprint density at radius 3 is 2.56 bits per heavy atom. The molecule has 1 aromatic rings. The maximum absolute atomic E-state index is 4.54. The molecule has 0 saturated heterocycles. The molecule has 16 heavy (non-hydrogen) atoms. The Morgan fingerprint density at radius 1 is 1.25 bits per heavy atom. The van der Waals surface area contributed by atoms with E-state index < -0.39 is 0 Å². The molecule has 1 heterocycles. The molecule has 1 aliphatic heterocycles. The van der Waals surface area contributed by atoms with Gasteiger partial charge in [-0.1, -0.05) is 46.4 Å². The van der Waals surface area contributed by atoms with Gasteiger partial charge in [-0.05, 0) is 18.2 Å². The van der Waals surface area contributed by atoms with Crippen molar-refractivity contribution in [3.05, 3.63) is 29.8 Å². The van der Waals surface area contributed by atoms with E-state index in [0.717, 1.165) is 25.2 Å². The van der Waals surface area contributed by atoms with E-state index in [0.29, 0.717) is 0 Å². The Bertz CT molecular complexity index is 329. The van der Waals surface area contributed by atoms with Crippen molar-refractivity contribution >= 4 is 11.4 Å². The molecular weight excluding hydrogens is 196 g/mol. The van der Waals surface area contributed by atoms with Gasteiger partial charge in [-0.2, -0.15) is 0 Å². The molecule has 0 aromatic heterocycles. The zero-order valence-corrected chi connectivity index (χ0v) is 9.88. The number of fused-ring (bicyclic) bond motifs is 1. The summed E-state index contributed by atoms with van der Waals surface area (Å²) in [5.41, 5.74) is 3.76.